The number of phenolic OH excluding ortho intramolecular Hbond substituents is 1. The molecule has 4 heteroatoms. The first-order valence-electron chi connectivity index (χ1n) is 3.26. The highest BCUT2D eigenvalue weighted by molar-refractivity contribution is 5.89. The second-order valence-electron chi connectivity index (χ2n) is 2.28. The second kappa shape index (κ2) is 3.21. The van der Waals surface area contributed by atoms with Gasteiger partial charge in [-0.25, -0.2) is 9.18 Å². The van der Waals surface area contributed by atoms with Crippen LogP contribution in [-0.4, -0.2) is 16.2 Å². The van der Waals surface area contributed by atoms with Crippen LogP contribution in [0.5, 0.6) is 5.75 Å². The highest BCUT2D eigenvalue weighted by atomic mass is 19.1. The summed E-state index contributed by atoms with van der Waals surface area (Å²) in [5.41, 5.74) is -0.127. The van der Waals surface area contributed by atoms with E-state index < -0.39 is 12.6 Å². The smallest absolute Gasteiger partial charge is 0.336 e. The Morgan fingerprint density at radius 2 is 2.17 bits per heavy atom. The molecule has 1 aromatic rings. The first-order valence-corrected chi connectivity index (χ1v) is 3.26. The van der Waals surface area contributed by atoms with Crippen molar-refractivity contribution in [2.75, 3.05) is 0 Å². The Kier molecular flexibility index (Phi) is 2.28. The summed E-state index contributed by atoms with van der Waals surface area (Å²) >= 11 is 0. The molecule has 0 spiro atoms. The number of aromatic hydroxyl groups is 1. The summed E-state index contributed by atoms with van der Waals surface area (Å²) in [6.07, 6.45) is 0. The van der Waals surface area contributed by atoms with Crippen molar-refractivity contribution in [2.24, 2.45) is 0 Å². The lowest BCUT2D eigenvalue weighted by Crippen LogP contribution is -2.00. The lowest BCUT2D eigenvalue weighted by atomic mass is 10.1. The van der Waals surface area contributed by atoms with E-state index in [-0.39, 0.29) is 16.9 Å². The van der Waals surface area contributed by atoms with Crippen LogP contribution in [0.2, 0.25) is 0 Å². The fraction of sp³-hybridized carbons (Fsp3) is 0.125. The topological polar surface area (TPSA) is 57.5 Å². The zero-order valence-electron chi connectivity index (χ0n) is 6.12. The van der Waals surface area contributed by atoms with Crippen LogP contribution < -0.4 is 0 Å². The molecular formula is C8H7FO3. The van der Waals surface area contributed by atoms with Crippen molar-refractivity contribution in [1.29, 1.82) is 0 Å². The van der Waals surface area contributed by atoms with Crippen LogP contribution in [0, 0.1) is 0 Å². The zero-order chi connectivity index (χ0) is 9.14. The molecule has 1 rings (SSSR count). The minimum absolute atomic E-state index is 0.0697. The average Bonchev–Trinajstić information content (AvgIpc) is 2.04. The Labute approximate surface area is 68.1 Å². The van der Waals surface area contributed by atoms with Crippen molar-refractivity contribution in [3.63, 3.8) is 0 Å². The van der Waals surface area contributed by atoms with E-state index in [1.807, 2.05) is 0 Å². The van der Waals surface area contributed by atoms with E-state index in [1.165, 1.54) is 12.1 Å². The predicted octanol–water partition coefficient (Wildman–Crippen LogP) is 1.56. The summed E-state index contributed by atoms with van der Waals surface area (Å²) in [7, 11) is 0. The number of phenols is 1. The van der Waals surface area contributed by atoms with Crippen LogP contribution in [0.25, 0.3) is 0 Å². The summed E-state index contributed by atoms with van der Waals surface area (Å²) in [5, 5.41) is 17.4. The van der Waals surface area contributed by atoms with Crippen molar-refractivity contribution in [3.8, 4) is 5.75 Å². The van der Waals surface area contributed by atoms with E-state index in [1.54, 1.807) is 0 Å². The van der Waals surface area contributed by atoms with E-state index in [4.69, 9.17) is 10.2 Å². The van der Waals surface area contributed by atoms with Crippen LogP contribution in [0.15, 0.2) is 18.2 Å². The molecule has 0 saturated carbocycles. The van der Waals surface area contributed by atoms with Gasteiger partial charge in [-0.2, -0.15) is 0 Å². The summed E-state index contributed by atoms with van der Waals surface area (Å²) in [6.45, 7) is -0.845. The standard InChI is InChI=1S/C8H7FO3/c9-4-5-1-2-6(10)3-7(5)8(11)12/h1-3,10H,4H2,(H,11,12). The molecule has 0 fully saturated rings. The quantitative estimate of drug-likeness (QED) is 0.708. The monoisotopic (exact) mass is 170 g/mol. The number of hydrogen-bond donors (Lipinski definition) is 2. The maximum absolute atomic E-state index is 12.1. The Hall–Kier alpha value is -1.58. The van der Waals surface area contributed by atoms with Gasteiger partial charge in [0.05, 0.1) is 5.56 Å². The van der Waals surface area contributed by atoms with E-state index in [0.717, 1.165) is 6.07 Å². The molecule has 1 aromatic carbocycles. The molecule has 3 nitrogen and oxygen atoms in total. The minimum Gasteiger partial charge on any atom is -0.508 e. The number of benzene rings is 1. The molecule has 0 amide bonds. The van der Waals surface area contributed by atoms with Crippen molar-refractivity contribution in [1.82, 2.24) is 0 Å². The normalized spacial score (nSPS) is 9.75. The maximum atomic E-state index is 12.1. The molecule has 0 atom stereocenters. The van der Waals surface area contributed by atoms with Crippen molar-refractivity contribution in [2.45, 2.75) is 6.67 Å². The molecule has 0 heterocycles. The Balaban J connectivity index is 3.21. The number of carboxylic acids is 1. The highest BCUT2D eigenvalue weighted by Crippen LogP contribution is 2.17. The minimum atomic E-state index is -1.24. The third-order valence-corrected chi connectivity index (χ3v) is 1.47. The van der Waals surface area contributed by atoms with Crippen LogP contribution >= 0.6 is 0 Å². The molecule has 0 aliphatic heterocycles. The number of halogens is 1. The van der Waals surface area contributed by atoms with Crippen LogP contribution in [0.3, 0.4) is 0 Å². The molecule has 0 aromatic heterocycles. The molecule has 0 unspecified atom stereocenters. The zero-order valence-corrected chi connectivity index (χ0v) is 6.12. The van der Waals surface area contributed by atoms with Crippen LogP contribution in [0.4, 0.5) is 4.39 Å². The number of rotatable bonds is 2. The lowest BCUT2D eigenvalue weighted by molar-refractivity contribution is 0.0694. The van der Waals surface area contributed by atoms with E-state index in [0.29, 0.717) is 0 Å². The fourth-order valence-electron chi connectivity index (χ4n) is 0.880. The number of carbonyl (C=O) groups is 1. The molecule has 0 bridgehead atoms. The van der Waals surface area contributed by atoms with Gasteiger partial charge in [0.15, 0.2) is 0 Å². The molecule has 2 N–H and O–H groups in total. The van der Waals surface area contributed by atoms with Gasteiger partial charge in [-0.05, 0) is 17.7 Å². The predicted molar refractivity (Wildman–Crippen MR) is 39.9 cm³/mol. The third-order valence-electron chi connectivity index (χ3n) is 1.47. The van der Waals surface area contributed by atoms with Crippen molar-refractivity contribution in [3.05, 3.63) is 29.3 Å². The number of alkyl halides is 1. The molecule has 0 saturated heterocycles. The SMILES string of the molecule is O=C(O)c1cc(O)ccc1CF. The third kappa shape index (κ3) is 1.53. The first kappa shape index (κ1) is 8.52. The molecular weight excluding hydrogens is 163 g/mol. The molecule has 12 heavy (non-hydrogen) atoms. The molecule has 0 aliphatic rings. The van der Waals surface area contributed by atoms with Gasteiger partial charge in [0.2, 0.25) is 0 Å². The maximum Gasteiger partial charge on any atom is 0.336 e. The molecule has 64 valence electrons. The fourth-order valence-corrected chi connectivity index (χ4v) is 0.880. The van der Waals surface area contributed by atoms with Crippen LogP contribution in [0.1, 0.15) is 15.9 Å². The van der Waals surface area contributed by atoms with E-state index in [9.17, 15) is 9.18 Å². The van der Waals surface area contributed by atoms with Gasteiger partial charge in [0.1, 0.15) is 12.4 Å². The second-order valence-corrected chi connectivity index (χ2v) is 2.28. The Morgan fingerprint density at radius 1 is 1.50 bits per heavy atom. The summed E-state index contributed by atoms with van der Waals surface area (Å²) in [4.78, 5) is 10.5. The number of hydrogen-bond acceptors (Lipinski definition) is 2. The lowest BCUT2D eigenvalue weighted by Gasteiger charge is -2.01. The van der Waals surface area contributed by atoms with Crippen molar-refractivity contribution >= 4 is 5.97 Å². The van der Waals surface area contributed by atoms with Crippen molar-refractivity contribution < 1.29 is 19.4 Å². The van der Waals surface area contributed by atoms with E-state index >= 15 is 0 Å². The number of carboxylic acid groups (broad SMARTS) is 1. The molecule has 0 aliphatic carbocycles. The first-order chi connectivity index (χ1) is 5.65. The summed E-state index contributed by atoms with van der Waals surface area (Å²) in [6, 6.07) is 3.53. The summed E-state index contributed by atoms with van der Waals surface area (Å²) in [5.74, 6) is -1.41. The van der Waals surface area contributed by atoms with Gasteiger partial charge in [-0.1, -0.05) is 6.07 Å². The van der Waals surface area contributed by atoms with Gasteiger partial charge < -0.3 is 10.2 Å². The summed E-state index contributed by atoms with van der Waals surface area (Å²) < 4.78 is 12.1. The van der Waals surface area contributed by atoms with Gasteiger partial charge >= 0.3 is 5.97 Å². The van der Waals surface area contributed by atoms with Gasteiger partial charge in [0.25, 0.3) is 0 Å². The van der Waals surface area contributed by atoms with Crippen LogP contribution in [-0.2, 0) is 6.67 Å². The molecule has 0 radical (unpaired) electrons. The Morgan fingerprint density at radius 3 is 2.67 bits per heavy atom. The number of aromatic carboxylic acids is 1. The largest absolute Gasteiger partial charge is 0.508 e. The van der Waals surface area contributed by atoms with Gasteiger partial charge in [-0.3, -0.25) is 0 Å². The van der Waals surface area contributed by atoms with Gasteiger partial charge in [-0.15, -0.1) is 0 Å². The van der Waals surface area contributed by atoms with E-state index in [2.05, 4.69) is 0 Å². The Bertz CT molecular complexity index is 309. The highest BCUT2D eigenvalue weighted by Gasteiger charge is 2.09. The van der Waals surface area contributed by atoms with Gasteiger partial charge in [0, 0.05) is 0 Å². The average molecular weight is 170 g/mol.